The topological polar surface area (TPSA) is 98.1 Å². The zero-order valence-corrected chi connectivity index (χ0v) is 18.9. The number of rotatable bonds is 5. The lowest BCUT2D eigenvalue weighted by Crippen LogP contribution is -2.50. The Kier molecular flexibility index (Phi) is 5.51. The molecular weight excluding hydrogens is 426 g/mol. The molecule has 0 bridgehead atoms. The fourth-order valence-electron chi connectivity index (χ4n) is 4.39. The van der Waals surface area contributed by atoms with E-state index >= 15 is 0 Å². The molecule has 170 valence electrons. The average molecular weight is 456 g/mol. The number of anilines is 2. The van der Waals surface area contributed by atoms with E-state index in [9.17, 15) is 14.2 Å². The molecule has 2 aliphatic heterocycles. The minimum Gasteiger partial charge on any atom is -0.396 e. The van der Waals surface area contributed by atoms with E-state index in [0.717, 1.165) is 33.5 Å². The van der Waals surface area contributed by atoms with Gasteiger partial charge in [-0.2, -0.15) is 10.6 Å². The van der Waals surface area contributed by atoms with E-state index < -0.39 is 10.6 Å². The number of ether oxygens (including phenoxy) is 1. The standard InChI is InChI=1S/C24H29N3O4S/c1-17-5-4-7-19-20(25-13-24(14-28)15-31-16-24)11-22(26-23(17)19)27-9-10-32(29,30)21-8-3-2-6-18(21)12-27/h2-8,11,28-30H,9-10,12-16H2,1H3,(H,25,26). The fraction of sp³-hybridized carbons (Fsp3) is 0.375. The molecule has 32 heavy (non-hydrogen) atoms. The first-order valence-electron chi connectivity index (χ1n) is 10.8. The van der Waals surface area contributed by atoms with E-state index in [1.807, 2.05) is 49.4 Å². The first-order valence-corrected chi connectivity index (χ1v) is 12.5. The number of hydrogen-bond donors (Lipinski definition) is 4. The molecule has 0 unspecified atom stereocenters. The molecule has 1 aromatic heterocycles. The number of para-hydroxylation sites is 1. The van der Waals surface area contributed by atoms with Crippen LogP contribution in [0.1, 0.15) is 11.1 Å². The van der Waals surface area contributed by atoms with Crippen molar-refractivity contribution in [1.29, 1.82) is 0 Å². The van der Waals surface area contributed by atoms with Crippen LogP contribution in [0.15, 0.2) is 53.4 Å². The highest BCUT2D eigenvalue weighted by Crippen LogP contribution is 2.51. The second kappa shape index (κ2) is 8.20. The third-order valence-electron chi connectivity index (χ3n) is 6.49. The number of pyridine rings is 1. The lowest BCUT2D eigenvalue weighted by atomic mass is 9.87. The summed E-state index contributed by atoms with van der Waals surface area (Å²) in [5.41, 5.74) is 3.61. The Balaban J connectivity index is 1.53. The quantitative estimate of drug-likeness (QED) is 0.460. The van der Waals surface area contributed by atoms with Gasteiger partial charge in [-0.3, -0.25) is 9.11 Å². The molecule has 2 aromatic carbocycles. The number of hydrogen-bond acceptors (Lipinski definition) is 7. The van der Waals surface area contributed by atoms with E-state index in [2.05, 4.69) is 16.3 Å². The summed E-state index contributed by atoms with van der Waals surface area (Å²) in [6.45, 7) is 4.89. The van der Waals surface area contributed by atoms with Gasteiger partial charge in [0, 0.05) is 36.8 Å². The van der Waals surface area contributed by atoms with Crippen molar-refractivity contribution in [1.82, 2.24) is 4.98 Å². The van der Waals surface area contributed by atoms with Crippen LogP contribution in [-0.2, 0) is 11.3 Å². The lowest BCUT2D eigenvalue weighted by molar-refractivity contribution is -0.128. The van der Waals surface area contributed by atoms with Gasteiger partial charge in [0.25, 0.3) is 0 Å². The van der Waals surface area contributed by atoms with Crippen molar-refractivity contribution in [3.05, 3.63) is 59.7 Å². The van der Waals surface area contributed by atoms with Gasteiger partial charge >= 0.3 is 0 Å². The summed E-state index contributed by atoms with van der Waals surface area (Å²) in [6, 6.07) is 15.7. The number of fused-ring (bicyclic) bond motifs is 2. The third-order valence-corrected chi connectivity index (χ3v) is 8.34. The summed E-state index contributed by atoms with van der Waals surface area (Å²) in [7, 11) is -2.84. The van der Waals surface area contributed by atoms with E-state index in [1.54, 1.807) is 0 Å². The molecule has 8 heteroatoms. The van der Waals surface area contributed by atoms with Gasteiger partial charge < -0.3 is 20.1 Å². The molecule has 3 heterocycles. The van der Waals surface area contributed by atoms with Crippen molar-refractivity contribution in [3.63, 3.8) is 0 Å². The van der Waals surface area contributed by atoms with Crippen LogP contribution < -0.4 is 10.2 Å². The van der Waals surface area contributed by atoms with Crippen LogP contribution in [0, 0.1) is 12.3 Å². The molecule has 2 aliphatic rings. The molecule has 0 radical (unpaired) electrons. The van der Waals surface area contributed by atoms with Gasteiger partial charge in [0.2, 0.25) is 0 Å². The van der Waals surface area contributed by atoms with Gasteiger partial charge in [-0.15, -0.1) is 0 Å². The highest BCUT2D eigenvalue weighted by Gasteiger charge is 2.38. The van der Waals surface area contributed by atoms with Crippen LogP contribution in [0.3, 0.4) is 0 Å². The summed E-state index contributed by atoms with van der Waals surface area (Å²) in [6.07, 6.45) is 0. The normalized spacial score (nSPS) is 20.2. The second-order valence-electron chi connectivity index (χ2n) is 8.90. The van der Waals surface area contributed by atoms with Gasteiger partial charge in [-0.1, -0.05) is 36.4 Å². The number of aliphatic hydroxyl groups is 1. The lowest BCUT2D eigenvalue weighted by Gasteiger charge is -2.40. The Labute approximate surface area is 189 Å². The zero-order chi connectivity index (χ0) is 22.3. The Bertz CT molecular complexity index is 1140. The Hall–Kier alpha value is -2.36. The predicted octanol–water partition coefficient (Wildman–Crippen LogP) is 4.09. The Morgan fingerprint density at radius 2 is 1.97 bits per heavy atom. The summed E-state index contributed by atoms with van der Waals surface area (Å²) >= 11 is 0. The third kappa shape index (κ3) is 3.82. The maximum Gasteiger partial charge on any atom is 0.131 e. The second-order valence-corrected chi connectivity index (χ2v) is 11.1. The van der Waals surface area contributed by atoms with Crippen molar-refractivity contribution in [2.45, 2.75) is 18.4 Å². The molecule has 0 amide bonds. The molecule has 0 atom stereocenters. The fourth-order valence-corrected chi connectivity index (χ4v) is 5.93. The van der Waals surface area contributed by atoms with Crippen molar-refractivity contribution in [2.24, 2.45) is 5.41 Å². The van der Waals surface area contributed by atoms with Crippen molar-refractivity contribution in [2.75, 3.05) is 48.9 Å². The van der Waals surface area contributed by atoms with Crippen molar-refractivity contribution >= 4 is 33.0 Å². The van der Waals surface area contributed by atoms with E-state index in [4.69, 9.17) is 9.72 Å². The SMILES string of the molecule is Cc1cccc2c(NCC3(CO)COC3)cc(N3CCS(O)(O)c4ccccc4C3)nc12. The summed E-state index contributed by atoms with van der Waals surface area (Å²) in [5, 5.41) is 14.4. The first kappa shape index (κ1) is 21.5. The molecule has 1 saturated heterocycles. The number of nitrogens with zero attached hydrogens (tertiary/aromatic N) is 2. The van der Waals surface area contributed by atoms with Gasteiger partial charge in [0.15, 0.2) is 0 Å². The number of nitrogens with one attached hydrogen (secondary N) is 1. The number of benzene rings is 2. The monoisotopic (exact) mass is 455 g/mol. The summed E-state index contributed by atoms with van der Waals surface area (Å²) in [5.74, 6) is 1.06. The van der Waals surface area contributed by atoms with Crippen molar-refractivity contribution < 1.29 is 18.9 Å². The highest BCUT2D eigenvalue weighted by molar-refractivity contribution is 8.24. The molecular formula is C24H29N3O4S. The maximum atomic E-state index is 10.7. The number of aryl methyl sites for hydroxylation is 1. The van der Waals surface area contributed by atoms with Crippen LogP contribution in [0.25, 0.3) is 10.9 Å². The minimum atomic E-state index is -2.84. The average Bonchev–Trinajstić information content (AvgIpc) is 2.90. The first-order chi connectivity index (χ1) is 15.4. The molecule has 4 N–H and O–H groups in total. The summed E-state index contributed by atoms with van der Waals surface area (Å²) in [4.78, 5) is 7.73. The number of aliphatic hydroxyl groups excluding tert-OH is 1. The van der Waals surface area contributed by atoms with Gasteiger partial charge in [0.05, 0.1) is 41.4 Å². The molecule has 3 aromatic rings. The molecule has 0 saturated carbocycles. The number of aromatic nitrogens is 1. The van der Waals surface area contributed by atoms with Gasteiger partial charge in [0.1, 0.15) is 5.82 Å². The van der Waals surface area contributed by atoms with E-state index in [1.165, 1.54) is 0 Å². The van der Waals surface area contributed by atoms with Crippen LogP contribution in [0.4, 0.5) is 11.5 Å². The van der Waals surface area contributed by atoms with E-state index in [-0.39, 0.29) is 17.8 Å². The van der Waals surface area contributed by atoms with Crippen molar-refractivity contribution in [3.8, 4) is 0 Å². The maximum absolute atomic E-state index is 10.7. The minimum absolute atomic E-state index is 0.0790. The molecule has 0 spiro atoms. The molecule has 7 nitrogen and oxygen atoms in total. The Morgan fingerprint density at radius 3 is 2.72 bits per heavy atom. The molecule has 5 rings (SSSR count). The Morgan fingerprint density at radius 1 is 1.16 bits per heavy atom. The molecule has 1 fully saturated rings. The van der Waals surface area contributed by atoms with E-state index in [0.29, 0.717) is 37.7 Å². The van der Waals surface area contributed by atoms with Crippen LogP contribution >= 0.6 is 10.6 Å². The molecule has 0 aliphatic carbocycles. The zero-order valence-electron chi connectivity index (χ0n) is 18.1. The summed E-state index contributed by atoms with van der Waals surface area (Å²) < 4.78 is 26.8. The largest absolute Gasteiger partial charge is 0.396 e. The predicted molar refractivity (Wildman–Crippen MR) is 129 cm³/mol. The highest BCUT2D eigenvalue weighted by atomic mass is 32.3. The smallest absolute Gasteiger partial charge is 0.131 e. The van der Waals surface area contributed by atoms with Crippen LogP contribution in [-0.4, -0.2) is 57.9 Å². The van der Waals surface area contributed by atoms with Crippen LogP contribution in [0.2, 0.25) is 0 Å². The van der Waals surface area contributed by atoms with Gasteiger partial charge in [-0.25, -0.2) is 4.98 Å². The van der Waals surface area contributed by atoms with Gasteiger partial charge in [-0.05, 0) is 24.1 Å². The van der Waals surface area contributed by atoms with Crippen LogP contribution in [0.5, 0.6) is 0 Å².